The van der Waals surface area contributed by atoms with Gasteiger partial charge in [0.1, 0.15) is 0 Å². The second-order valence-corrected chi connectivity index (χ2v) is 12.1. The van der Waals surface area contributed by atoms with Gasteiger partial charge >= 0.3 is 0 Å². The summed E-state index contributed by atoms with van der Waals surface area (Å²) in [6.07, 6.45) is 0. The van der Waals surface area contributed by atoms with Crippen LogP contribution in [0.15, 0.2) is 182 Å². The second-order valence-electron chi connectivity index (χ2n) is 12.1. The van der Waals surface area contributed by atoms with Crippen LogP contribution in [-0.4, -0.2) is 0 Å². The highest BCUT2D eigenvalue weighted by Crippen LogP contribution is 2.44. The minimum Gasteiger partial charge on any atom is -0.0622 e. The highest BCUT2D eigenvalue weighted by atomic mass is 14.2. The lowest BCUT2D eigenvalue weighted by molar-refractivity contribution is 1.61. The van der Waals surface area contributed by atoms with Gasteiger partial charge in [-0.15, -0.1) is 0 Å². The van der Waals surface area contributed by atoms with Gasteiger partial charge in [-0.05, 0) is 87.6 Å². The summed E-state index contributed by atoms with van der Waals surface area (Å²) in [5.74, 6) is 0. The topological polar surface area (TPSA) is 0 Å². The van der Waals surface area contributed by atoms with Crippen molar-refractivity contribution in [3.05, 3.63) is 182 Å². The van der Waals surface area contributed by atoms with E-state index in [9.17, 15) is 0 Å². The molecular weight excluding hydrogens is 553 g/mol. The number of fused-ring (bicyclic) bond motifs is 5. The number of benzene rings is 9. The van der Waals surface area contributed by atoms with Crippen molar-refractivity contribution in [2.75, 3.05) is 0 Å². The summed E-state index contributed by atoms with van der Waals surface area (Å²) in [7, 11) is 0. The summed E-state index contributed by atoms with van der Waals surface area (Å²) in [5.41, 5.74) is 10.00. The zero-order valence-electron chi connectivity index (χ0n) is 25.3. The van der Waals surface area contributed by atoms with Crippen molar-refractivity contribution in [1.29, 1.82) is 0 Å². The lowest BCUT2D eigenvalue weighted by Crippen LogP contribution is -1.91. The third kappa shape index (κ3) is 4.30. The first-order chi connectivity index (χ1) is 22.8. The summed E-state index contributed by atoms with van der Waals surface area (Å²) < 4.78 is 0. The van der Waals surface area contributed by atoms with Crippen LogP contribution in [0.1, 0.15) is 0 Å². The van der Waals surface area contributed by atoms with Crippen molar-refractivity contribution >= 4 is 43.1 Å². The van der Waals surface area contributed by atoms with E-state index in [1.165, 1.54) is 87.6 Å². The van der Waals surface area contributed by atoms with E-state index in [0.29, 0.717) is 0 Å². The Kier molecular flexibility index (Phi) is 6.25. The summed E-state index contributed by atoms with van der Waals surface area (Å²) >= 11 is 0. The van der Waals surface area contributed by atoms with Gasteiger partial charge in [0, 0.05) is 0 Å². The summed E-state index contributed by atoms with van der Waals surface area (Å²) in [5, 5.41) is 10.2. The molecule has 0 aliphatic rings. The van der Waals surface area contributed by atoms with Crippen LogP contribution in [0.25, 0.3) is 87.6 Å². The molecule has 0 N–H and O–H groups in total. The number of hydrogen-bond acceptors (Lipinski definition) is 0. The first-order valence-corrected chi connectivity index (χ1v) is 15.9. The zero-order chi connectivity index (χ0) is 30.5. The fourth-order valence-corrected chi connectivity index (χ4v) is 7.33. The Hall–Kier alpha value is -5.98. The maximum atomic E-state index is 2.31. The van der Waals surface area contributed by atoms with Gasteiger partial charge in [0.2, 0.25) is 0 Å². The molecule has 0 radical (unpaired) electrons. The summed E-state index contributed by atoms with van der Waals surface area (Å²) in [6, 6.07) is 66.4. The Morgan fingerprint density at radius 3 is 1.22 bits per heavy atom. The molecule has 0 heteroatoms. The van der Waals surface area contributed by atoms with Gasteiger partial charge in [-0.25, -0.2) is 0 Å². The first kappa shape index (κ1) is 26.4. The van der Waals surface area contributed by atoms with Crippen molar-refractivity contribution in [3.63, 3.8) is 0 Å². The van der Waals surface area contributed by atoms with E-state index in [1.807, 2.05) is 0 Å². The Morgan fingerprint density at radius 2 is 0.630 bits per heavy atom. The van der Waals surface area contributed by atoms with Crippen LogP contribution < -0.4 is 0 Å². The molecule has 0 nitrogen and oxygen atoms in total. The average Bonchev–Trinajstić information content (AvgIpc) is 3.14. The van der Waals surface area contributed by atoms with Gasteiger partial charge in [-0.1, -0.05) is 182 Å². The smallest absolute Gasteiger partial charge is 0.00264 e. The molecule has 9 rings (SSSR count). The van der Waals surface area contributed by atoms with Gasteiger partial charge in [0.15, 0.2) is 0 Å². The zero-order valence-corrected chi connectivity index (χ0v) is 25.3. The van der Waals surface area contributed by atoms with Crippen LogP contribution in [0.4, 0.5) is 0 Å². The molecule has 0 saturated heterocycles. The number of rotatable bonds is 4. The van der Waals surface area contributed by atoms with Crippen LogP contribution >= 0.6 is 0 Å². The van der Waals surface area contributed by atoms with Gasteiger partial charge in [0.05, 0.1) is 0 Å². The molecule has 0 unspecified atom stereocenters. The Morgan fingerprint density at radius 1 is 0.217 bits per heavy atom. The molecule has 0 aliphatic heterocycles. The minimum absolute atomic E-state index is 1.23. The van der Waals surface area contributed by atoms with E-state index in [1.54, 1.807) is 0 Å². The predicted octanol–water partition coefficient (Wildman–Crippen LogP) is 13.0. The fourth-order valence-electron chi connectivity index (χ4n) is 7.33. The average molecular weight is 583 g/mol. The number of hydrogen-bond donors (Lipinski definition) is 0. The summed E-state index contributed by atoms with van der Waals surface area (Å²) in [4.78, 5) is 0. The molecule has 0 aromatic heterocycles. The van der Waals surface area contributed by atoms with Crippen LogP contribution in [0.5, 0.6) is 0 Å². The van der Waals surface area contributed by atoms with Crippen LogP contribution in [0.3, 0.4) is 0 Å². The van der Waals surface area contributed by atoms with Crippen molar-refractivity contribution in [2.45, 2.75) is 0 Å². The van der Waals surface area contributed by atoms with Crippen LogP contribution in [-0.2, 0) is 0 Å². The highest BCUT2D eigenvalue weighted by Gasteiger charge is 2.17. The lowest BCUT2D eigenvalue weighted by Gasteiger charge is -2.18. The molecule has 46 heavy (non-hydrogen) atoms. The molecule has 0 atom stereocenters. The monoisotopic (exact) mass is 582 g/mol. The third-order valence-electron chi connectivity index (χ3n) is 9.47. The first-order valence-electron chi connectivity index (χ1n) is 15.9. The molecule has 0 saturated carbocycles. The van der Waals surface area contributed by atoms with Crippen molar-refractivity contribution < 1.29 is 0 Å². The quantitative estimate of drug-likeness (QED) is 0.143. The Balaban J connectivity index is 1.21. The molecule has 0 aliphatic carbocycles. The van der Waals surface area contributed by atoms with Gasteiger partial charge < -0.3 is 0 Å². The van der Waals surface area contributed by atoms with Crippen molar-refractivity contribution in [2.24, 2.45) is 0 Å². The normalized spacial score (nSPS) is 11.5. The fraction of sp³-hybridized carbons (Fsp3) is 0. The van der Waals surface area contributed by atoms with E-state index in [2.05, 4.69) is 182 Å². The molecule has 214 valence electrons. The SMILES string of the molecule is c1ccc(-c2ccc(-c3c4ccccc4c(-c4ccc(-c5cccc6ccc7ccccc7c56)cc4)c4ccccc34)cc2)cc1. The van der Waals surface area contributed by atoms with E-state index >= 15 is 0 Å². The van der Waals surface area contributed by atoms with Gasteiger partial charge in [-0.3, -0.25) is 0 Å². The lowest BCUT2D eigenvalue weighted by atomic mass is 9.85. The molecule has 0 fully saturated rings. The predicted molar refractivity (Wildman–Crippen MR) is 198 cm³/mol. The molecular formula is C46H30. The van der Waals surface area contributed by atoms with Crippen LogP contribution in [0.2, 0.25) is 0 Å². The highest BCUT2D eigenvalue weighted by molar-refractivity contribution is 6.21. The Bertz CT molecular complexity index is 2480. The molecule has 0 spiro atoms. The van der Waals surface area contributed by atoms with E-state index < -0.39 is 0 Å². The largest absolute Gasteiger partial charge is 0.0622 e. The minimum atomic E-state index is 1.23. The van der Waals surface area contributed by atoms with Gasteiger partial charge in [0.25, 0.3) is 0 Å². The summed E-state index contributed by atoms with van der Waals surface area (Å²) in [6.45, 7) is 0. The maximum Gasteiger partial charge on any atom is -0.00264 e. The van der Waals surface area contributed by atoms with E-state index in [4.69, 9.17) is 0 Å². The maximum absolute atomic E-state index is 2.31. The van der Waals surface area contributed by atoms with Gasteiger partial charge in [-0.2, -0.15) is 0 Å². The van der Waals surface area contributed by atoms with Crippen LogP contribution in [0, 0.1) is 0 Å². The van der Waals surface area contributed by atoms with Crippen molar-refractivity contribution in [3.8, 4) is 44.5 Å². The third-order valence-corrected chi connectivity index (χ3v) is 9.47. The molecule has 9 aromatic rings. The molecule has 0 amide bonds. The van der Waals surface area contributed by atoms with E-state index in [0.717, 1.165) is 0 Å². The van der Waals surface area contributed by atoms with E-state index in [-0.39, 0.29) is 0 Å². The van der Waals surface area contributed by atoms with Crippen molar-refractivity contribution in [1.82, 2.24) is 0 Å². The second kappa shape index (κ2) is 10.9. The Labute approximate surface area is 268 Å². The molecule has 0 heterocycles. The molecule has 9 aromatic carbocycles. The molecule has 0 bridgehead atoms. The standard InChI is InChI=1S/C46H30/c1-2-11-31(12-3-1)32-21-26-36(27-22-32)45-40-16-6-8-18-42(40)46(43-19-9-7-17-41(43)45)37-29-24-34(25-30-37)39-20-10-14-35-28-23-33-13-4-5-15-38(33)44(35)39/h1-30H.